The van der Waals surface area contributed by atoms with Gasteiger partial charge in [0.2, 0.25) is 4.96 Å². The molecule has 0 atom stereocenters. The van der Waals surface area contributed by atoms with Crippen LogP contribution in [0.1, 0.15) is 27.4 Å². The lowest BCUT2D eigenvalue weighted by Gasteiger charge is -2.18. The molecule has 0 spiro atoms. The van der Waals surface area contributed by atoms with Crippen molar-refractivity contribution in [2.75, 3.05) is 13.7 Å². The number of hydrogen-bond donors (Lipinski definition) is 0. The van der Waals surface area contributed by atoms with Crippen molar-refractivity contribution >= 4 is 16.3 Å². The van der Waals surface area contributed by atoms with Gasteiger partial charge in [0.15, 0.2) is 6.61 Å². The number of halogens is 3. The van der Waals surface area contributed by atoms with Crippen LogP contribution >= 0.6 is 11.3 Å². The third-order valence-corrected chi connectivity index (χ3v) is 5.07. The molecule has 6 nitrogen and oxygen atoms in total. The zero-order valence-electron chi connectivity index (χ0n) is 16.5. The summed E-state index contributed by atoms with van der Waals surface area (Å²) in [5.41, 5.74) is 2.71. The molecule has 0 saturated carbocycles. The first-order valence-electron chi connectivity index (χ1n) is 8.86. The van der Waals surface area contributed by atoms with Crippen LogP contribution in [0.15, 0.2) is 23.0 Å². The third kappa shape index (κ3) is 5.33. The lowest BCUT2D eigenvalue weighted by Crippen LogP contribution is -2.20. The van der Waals surface area contributed by atoms with Gasteiger partial charge in [-0.2, -0.15) is 22.8 Å². The van der Waals surface area contributed by atoms with Crippen molar-refractivity contribution < 1.29 is 17.9 Å². The number of aromatic nitrogens is 3. The molecule has 0 radical (unpaired) electrons. The van der Waals surface area contributed by atoms with E-state index in [1.807, 2.05) is 24.1 Å². The highest BCUT2D eigenvalue weighted by molar-refractivity contribution is 7.16. The quantitative estimate of drug-likeness (QED) is 0.602. The van der Waals surface area contributed by atoms with Gasteiger partial charge >= 0.3 is 6.18 Å². The van der Waals surface area contributed by atoms with E-state index in [4.69, 9.17) is 4.74 Å². The lowest BCUT2D eigenvalue weighted by atomic mass is 10.1. The van der Waals surface area contributed by atoms with Crippen LogP contribution in [0, 0.1) is 20.8 Å². The Morgan fingerprint density at radius 2 is 1.79 bits per heavy atom. The second-order valence-corrected chi connectivity index (χ2v) is 8.10. The smallest absolute Gasteiger partial charge is 0.422 e. The Labute approximate surface area is 169 Å². The molecule has 0 amide bonds. The van der Waals surface area contributed by atoms with Gasteiger partial charge in [0.1, 0.15) is 10.8 Å². The van der Waals surface area contributed by atoms with Crippen molar-refractivity contribution in [1.29, 1.82) is 0 Å². The molecule has 1 aromatic carbocycles. The fraction of sp³-hybridized carbons (Fsp3) is 0.421. The Kier molecular flexibility index (Phi) is 5.95. The molecule has 29 heavy (non-hydrogen) atoms. The summed E-state index contributed by atoms with van der Waals surface area (Å²) in [6, 6.07) is 5.08. The van der Waals surface area contributed by atoms with Crippen LogP contribution < -0.4 is 10.3 Å². The van der Waals surface area contributed by atoms with Gasteiger partial charge in [0, 0.05) is 18.3 Å². The van der Waals surface area contributed by atoms with Gasteiger partial charge in [0.05, 0.1) is 6.54 Å². The van der Waals surface area contributed by atoms with Crippen molar-refractivity contribution in [3.63, 3.8) is 0 Å². The number of rotatable bonds is 6. The highest BCUT2D eigenvalue weighted by Gasteiger charge is 2.29. The number of benzene rings is 1. The Hall–Kier alpha value is -2.46. The van der Waals surface area contributed by atoms with E-state index in [2.05, 4.69) is 10.1 Å². The maximum absolute atomic E-state index is 12.4. The average molecular weight is 426 g/mol. The minimum absolute atomic E-state index is 0.210. The Balaban J connectivity index is 1.71. The largest absolute Gasteiger partial charge is 0.484 e. The summed E-state index contributed by atoms with van der Waals surface area (Å²) in [5.74, 6) is 0.265. The maximum Gasteiger partial charge on any atom is 0.422 e. The minimum Gasteiger partial charge on any atom is -0.484 e. The molecule has 0 aliphatic heterocycles. The van der Waals surface area contributed by atoms with Gasteiger partial charge < -0.3 is 4.74 Å². The van der Waals surface area contributed by atoms with Gasteiger partial charge in [-0.05, 0) is 44.5 Å². The van der Waals surface area contributed by atoms with Crippen molar-refractivity contribution in [2.45, 2.75) is 40.0 Å². The molecule has 2 aromatic heterocycles. The van der Waals surface area contributed by atoms with Crippen molar-refractivity contribution in [1.82, 2.24) is 19.5 Å². The molecule has 3 aromatic rings. The van der Waals surface area contributed by atoms with Crippen molar-refractivity contribution in [3.05, 3.63) is 55.9 Å². The fourth-order valence-corrected chi connectivity index (χ4v) is 4.16. The first kappa shape index (κ1) is 21.3. The number of aryl methyl sites for hydroxylation is 3. The topological polar surface area (TPSA) is 59.7 Å². The van der Waals surface area contributed by atoms with E-state index in [-0.39, 0.29) is 11.3 Å². The predicted octanol–water partition coefficient (Wildman–Crippen LogP) is 3.65. The summed E-state index contributed by atoms with van der Waals surface area (Å²) in [6.45, 7) is 5.00. The summed E-state index contributed by atoms with van der Waals surface area (Å²) in [4.78, 5) is 18.9. The highest BCUT2D eigenvalue weighted by atomic mass is 32.1. The number of ether oxygens (including phenoxy) is 1. The van der Waals surface area contributed by atoms with Gasteiger partial charge in [-0.1, -0.05) is 23.5 Å². The number of nitrogens with zero attached hydrogens (tertiary/aromatic N) is 4. The minimum atomic E-state index is -4.37. The molecule has 0 aliphatic rings. The Bertz CT molecular complexity index is 1070. The van der Waals surface area contributed by atoms with E-state index in [1.54, 1.807) is 20.8 Å². The third-order valence-electron chi connectivity index (χ3n) is 4.17. The van der Waals surface area contributed by atoms with E-state index in [0.29, 0.717) is 34.9 Å². The SMILES string of the molecule is Cc1cc(=O)n2nc(CN(C)Cc3cc(C)c(OCC(F)(F)F)c(C)c3)sc2n1. The van der Waals surface area contributed by atoms with E-state index in [0.717, 1.165) is 10.6 Å². The number of alkyl halides is 3. The van der Waals surface area contributed by atoms with Crippen LogP contribution in [-0.2, 0) is 13.1 Å². The molecular weight excluding hydrogens is 405 g/mol. The van der Waals surface area contributed by atoms with E-state index < -0.39 is 12.8 Å². The van der Waals surface area contributed by atoms with E-state index in [9.17, 15) is 18.0 Å². The molecular formula is C19H21F3N4O2S. The van der Waals surface area contributed by atoms with E-state index in [1.165, 1.54) is 21.9 Å². The molecule has 156 valence electrons. The van der Waals surface area contributed by atoms with Crippen molar-refractivity contribution in [2.24, 2.45) is 0 Å². The zero-order valence-corrected chi connectivity index (χ0v) is 17.3. The lowest BCUT2D eigenvalue weighted by molar-refractivity contribution is -0.153. The fourth-order valence-electron chi connectivity index (χ4n) is 3.14. The predicted molar refractivity (Wildman–Crippen MR) is 105 cm³/mol. The van der Waals surface area contributed by atoms with Crippen LogP contribution in [0.25, 0.3) is 4.96 Å². The standard InChI is InChI=1S/C19H21F3N4O2S/c1-11-5-14(6-12(2)17(11)28-10-19(20,21)22)8-25(4)9-15-24-26-16(27)7-13(3)23-18(26)29-15/h5-7H,8-10H2,1-4H3. The summed E-state index contributed by atoms with van der Waals surface area (Å²) in [5, 5.41) is 5.07. The Morgan fingerprint density at radius 1 is 1.14 bits per heavy atom. The summed E-state index contributed by atoms with van der Waals surface area (Å²) < 4.78 is 43.5. The second-order valence-electron chi connectivity index (χ2n) is 7.06. The number of hydrogen-bond acceptors (Lipinski definition) is 6. The molecule has 2 heterocycles. The van der Waals surface area contributed by atoms with Crippen LogP contribution in [0.2, 0.25) is 0 Å². The molecule has 0 aliphatic carbocycles. The van der Waals surface area contributed by atoms with Gasteiger partial charge in [-0.3, -0.25) is 9.69 Å². The molecule has 0 saturated heterocycles. The highest BCUT2D eigenvalue weighted by Crippen LogP contribution is 2.27. The summed E-state index contributed by atoms with van der Waals surface area (Å²) in [6.07, 6.45) is -4.37. The Morgan fingerprint density at radius 3 is 2.41 bits per heavy atom. The van der Waals surface area contributed by atoms with Crippen molar-refractivity contribution in [3.8, 4) is 5.75 Å². The van der Waals surface area contributed by atoms with Gasteiger partial charge in [-0.15, -0.1) is 0 Å². The number of fused-ring (bicyclic) bond motifs is 1. The second kappa shape index (κ2) is 8.11. The summed E-state index contributed by atoms with van der Waals surface area (Å²) in [7, 11) is 1.91. The average Bonchev–Trinajstić information content (AvgIpc) is 2.95. The molecule has 3 rings (SSSR count). The van der Waals surface area contributed by atoms with Crippen LogP contribution in [-0.4, -0.2) is 39.3 Å². The van der Waals surface area contributed by atoms with Crippen LogP contribution in [0.5, 0.6) is 5.75 Å². The monoisotopic (exact) mass is 426 g/mol. The van der Waals surface area contributed by atoms with Crippen LogP contribution in [0.4, 0.5) is 13.2 Å². The van der Waals surface area contributed by atoms with Crippen LogP contribution in [0.3, 0.4) is 0 Å². The zero-order chi connectivity index (χ0) is 21.3. The normalized spacial score (nSPS) is 12.1. The molecule has 10 heteroatoms. The molecule has 0 bridgehead atoms. The van der Waals surface area contributed by atoms with E-state index >= 15 is 0 Å². The molecule has 0 N–H and O–H groups in total. The molecule has 0 fully saturated rings. The summed E-state index contributed by atoms with van der Waals surface area (Å²) >= 11 is 1.35. The van der Waals surface area contributed by atoms with Gasteiger partial charge in [0.25, 0.3) is 5.56 Å². The first-order chi connectivity index (χ1) is 13.5. The van der Waals surface area contributed by atoms with Gasteiger partial charge in [-0.25, -0.2) is 4.98 Å². The first-order valence-corrected chi connectivity index (χ1v) is 9.68. The maximum atomic E-state index is 12.4. The molecule has 0 unspecified atom stereocenters.